The maximum Gasteiger partial charge on any atom is 0.203 e. The average Bonchev–Trinajstić information content (AvgIpc) is 2.91. The molecule has 5 heteroatoms. The second-order valence-corrected chi connectivity index (χ2v) is 3.85. The van der Waals surface area contributed by atoms with Crippen molar-refractivity contribution in [3.8, 4) is 17.2 Å². The predicted molar refractivity (Wildman–Crippen MR) is 70.5 cm³/mol. The Bertz CT molecular complexity index is 514. The summed E-state index contributed by atoms with van der Waals surface area (Å²) in [6.45, 7) is 0.689. The molecule has 2 N–H and O–H groups in total. The van der Waals surface area contributed by atoms with E-state index in [1.165, 1.54) is 0 Å². The molecule has 1 aromatic carbocycles. The molecule has 102 valence electrons. The van der Waals surface area contributed by atoms with Crippen molar-refractivity contribution in [1.29, 1.82) is 0 Å². The molecule has 0 bridgehead atoms. The summed E-state index contributed by atoms with van der Waals surface area (Å²) in [5.74, 6) is 2.53. The number of furan rings is 1. The highest BCUT2D eigenvalue weighted by molar-refractivity contribution is 5.51. The Morgan fingerprint density at radius 2 is 1.79 bits per heavy atom. The van der Waals surface area contributed by atoms with Gasteiger partial charge in [-0.3, -0.25) is 0 Å². The monoisotopic (exact) mass is 263 g/mol. The minimum atomic E-state index is 0.342. The van der Waals surface area contributed by atoms with Crippen molar-refractivity contribution in [2.45, 2.75) is 13.2 Å². The summed E-state index contributed by atoms with van der Waals surface area (Å²) in [5, 5.41) is 0. The van der Waals surface area contributed by atoms with E-state index < -0.39 is 0 Å². The lowest BCUT2D eigenvalue weighted by Gasteiger charge is -2.13. The van der Waals surface area contributed by atoms with Crippen LogP contribution in [0.4, 0.5) is 0 Å². The van der Waals surface area contributed by atoms with E-state index in [4.69, 9.17) is 24.4 Å². The highest BCUT2D eigenvalue weighted by Crippen LogP contribution is 2.37. The number of nitrogens with two attached hydrogens (primary N) is 1. The van der Waals surface area contributed by atoms with Crippen molar-refractivity contribution < 1.29 is 18.6 Å². The van der Waals surface area contributed by atoms with E-state index in [1.807, 2.05) is 24.3 Å². The standard InChI is InChI=1S/C14H17NO4/c1-16-11-4-3-5-12(17-2)14(11)19-9-10-6-7-18-13(10)8-15/h3-7H,8-9,15H2,1-2H3. The molecule has 2 aromatic rings. The van der Waals surface area contributed by atoms with Crippen LogP contribution in [0.25, 0.3) is 0 Å². The van der Waals surface area contributed by atoms with Crippen LogP contribution in [0.5, 0.6) is 17.2 Å². The second kappa shape index (κ2) is 6.15. The Hall–Kier alpha value is -2.14. The van der Waals surface area contributed by atoms with Crippen LogP contribution in [0.2, 0.25) is 0 Å². The Morgan fingerprint density at radius 1 is 1.11 bits per heavy atom. The molecule has 0 saturated carbocycles. The Labute approximate surface area is 111 Å². The Morgan fingerprint density at radius 3 is 2.37 bits per heavy atom. The van der Waals surface area contributed by atoms with Crippen molar-refractivity contribution in [2.75, 3.05) is 14.2 Å². The van der Waals surface area contributed by atoms with Gasteiger partial charge in [0.2, 0.25) is 5.75 Å². The number of para-hydroxylation sites is 1. The third-order valence-corrected chi connectivity index (χ3v) is 2.78. The minimum absolute atomic E-state index is 0.342. The second-order valence-electron chi connectivity index (χ2n) is 3.85. The van der Waals surface area contributed by atoms with Gasteiger partial charge in [-0.1, -0.05) is 6.07 Å². The molecule has 0 aliphatic rings. The van der Waals surface area contributed by atoms with E-state index >= 15 is 0 Å². The van der Waals surface area contributed by atoms with Gasteiger partial charge in [0, 0.05) is 5.56 Å². The molecular weight excluding hydrogens is 246 g/mol. The van der Waals surface area contributed by atoms with Crippen LogP contribution in [0.15, 0.2) is 34.9 Å². The third kappa shape index (κ3) is 2.82. The van der Waals surface area contributed by atoms with Gasteiger partial charge in [-0.25, -0.2) is 0 Å². The lowest BCUT2D eigenvalue weighted by atomic mass is 10.2. The molecule has 1 aromatic heterocycles. The molecule has 0 fully saturated rings. The van der Waals surface area contributed by atoms with Crippen LogP contribution in [-0.2, 0) is 13.2 Å². The minimum Gasteiger partial charge on any atom is -0.493 e. The molecule has 0 radical (unpaired) electrons. The molecule has 2 rings (SSSR count). The van der Waals surface area contributed by atoms with Crippen molar-refractivity contribution >= 4 is 0 Å². The maximum atomic E-state index is 5.77. The smallest absolute Gasteiger partial charge is 0.203 e. The molecule has 1 heterocycles. The summed E-state index contributed by atoms with van der Waals surface area (Å²) in [7, 11) is 3.18. The first-order valence-electron chi connectivity index (χ1n) is 5.89. The van der Waals surface area contributed by atoms with Crippen LogP contribution in [0, 0.1) is 0 Å². The summed E-state index contributed by atoms with van der Waals surface area (Å²) in [6.07, 6.45) is 1.60. The van der Waals surface area contributed by atoms with E-state index in [2.05, 4.69) is 0 Å². The SMILES string of the molecule is COc1cccc(OC)c1OCc1ccoc1CN. The fourth-order valence-corrected chi connectivity index (χ4v) is 1.78. The summed E-state index contributed by atoms with van der Waals surface area (Å²) in [4.78, 5) is 0. The predicted octanol–water partition coefficient (Wildman–Crippen LogP) is 2.33. The zero-order valence-corrected chi connectivity index (χ0v) is 11.0. The molecule has 0 amide bonds. The fraction of sp³-hybridized carbons (Fsp3) is 0.286. The van der Waals surface area contributed by atoms with Gasteiger partial charge >= 0.3 is 0 Å². The normalized spacial score (nSPS) is 10.3. The molecule has 0 spiro atoms. The van der Waals surface area contributed by atoms with Gasteiger partial charge in [0.05, 0.1) is 27.0 Å². The maximum absolute atomic E-state index is 5.77. The zero-order chi connectivity index (χ0) is 13.7. The average molecular weight is 263 g/mol. The highest BCUT2D eigenvalue weighted by Gasteiger charge is 2.13. The van der Waals surface area contributed by atoms with Crippen molar-refractivity contribution in [2.24, 2.45) is 5.73 Å². The van der Waals surface area contributed by atoms with E-state index in [0.717, 1.165) is 5.56 Å². The van der Waals surface area contributed by atoms with Crippen LogP contribution in [0.3, 0.4) is 0 Å². The van der Waals surface area contributed by atoms with E-state index in [0.29, 0.717) is 36.2 Å². The quantitative estimate of drug-likeness (QED) is 0.866. The first-order chi connectivity index (χ1) is 9.30. The molecule has 19 heavy (non-hydrogen) atoms. The van der Waals surface area contributed by atoms with Gasteiger partial charge < -0.3 is 24.4 Å². The van der Waals surface area contributed by atoms with Gasteiger partial charge in [0.25, 0.3) is 0 Å². The van der Waals surface area contributed by atoms with Crippen molar-refractivity contribution in [1.82, 2.24) is 0 Å². The first kappa shape index (κ1) is 13.3. The molecule has 0 atom stereocenters. The summed E-state index contributed by atoms with van der Waals surface area (Å²) in [5.41, 5.74) is 6.49. The van der Waals surface area contributed by atoms with Crippen LogP contribution in [0.1, 0.15) is 11.3 Å². The fourth-order valence-electron chi connectivity index (χ4n) is 1.78. The molecule has 0 saturated heterocycles. The Kier molecular flexibility index (Phi) is 4.30. The lowest BCUT2D eigenvalue weighted by molar-refractivity contribution is 0.263. The van der Waals surface area contributed by atoms with Crippen molar-refractivity contribution in [3.05, 3.63) is 41.9 Å². The molecule has 0 aliphatic carbocycles. The van der Waals surface area contributed by atoms with Crippen LogP contribution >= 0.6 is 0 Å². The topological polar surface area (TPSA) is 66.8 Å². The first-order valence-corrected chi connectivity index (χ1v) is 5.89. The zero-order valence-electron chi connectivity index (χ0n) is 11.0. The van der Waals surface area contributed by atoms with Gasteiger partial charge in [-0.05, 0) is 18.2 Å². The lowest BCUT2D eigenvalue weighted by Crippen LogP contribution is -2.03. The largest absolute Gasteiger partial charge is 0.493 e. The third-order valence-electron chi connectivity index (χ3n) is 2.78. The van der Waals surface area contributed by atoms with E-state index in [9.17, 15) is 0 Å². The number of rotatable bonds is 6. The number of hydrogen-bond donors (Lipinski definition) is 1. The molecular formula is C14H17NO4. The molecule has 5 nitrogen and oxygen atoms in total. The summed E-state index contributed by atoms with van der Waals surface area (Å²) >= 11 is 0. The van der Waals surface area contributed by atoms with Gasteiger partial charge in [-0.15, -0.1) is 0 Å². The highest BCUT2D eigenvalue weighted by atomic mass is 16.5. The van der Waals surface area contributed by atoms with Crippen LogP contribution in [-0.4, -0.2) is 14.2 Å². The summed E-state index contributed by atoms with van der Waals surface area (Å²) in [6, 6.07) is 7.31. The van der Waals surface area contributed by atoms with Gasteiger partial charge in [0.15, 0.2) is 11.5 Å². The summed E-state index contributed by atoms with van der Waals surface area (Å²) < 4.78 is 21.5. The van der Waals surface area contributed by atoms with Gasteiger partial charge in [0.1, 0.15) is 12.4 Å². The number of ether oxygens (including phenoxy) is 3. The molecule has 0 aliphatic heterocycles. The Balaban J connectivity index is 2.19. The molecule has 0 unspecified atom stereocenters. The number of benzene rings is 1. The van der Waals surface area contributed by atoms with Crippen LogP contribution < -0.4 is 19.9 Å². The van der Waals surface area contributed by atoms with Crippen molar-refractivity contribution in [3.63, 3.8) is 0 Å². The number of methoxy groups -OCH3 is 2. The van der Waals surface area contributed by atoms with Gasteiger partial charge in [-0.2, -0.15) is 0 Å². The van der Waals surface area contributed by atoms with E-state index in [-0.39, 0.29) is 0 Å². The number of hydrogen-bond acceptors (Lipinski definition) is 5. The van der Waals surface area contributed by atoms with E-state index in [1.54, 1.807) is 20.5 Å².